The molecular weight excluding hydrogens is 310 g/mol. The van der Waals surface area contributed by atoms with Crippen LogP contribution in [0, 0.1) is 0 Å². The van der Waals surface area contributed by atoms with Crippen LogP contribution in [0.4, 0.5) is 0 Å². The Kier molecular flexibility index (Phi) is 5.51. The standard InChI is InChI=1S/C14H18BrNO3/c15-7-3-1-2-4-8-16-14(17)11-5-6-12-13(9-11)19-10-18-12/h5-6,9H,1-4,7-8,10H2,(H,16,17). The minimum Gasteiger partial charge on any atom is -0.454 e. The maximum absolute atomic E-state index is 11.9. The molecule has 0 fully saturated rings. The second-order valence-corrected chi connectivity index (χ2v) is 5.22. The first-order valence-electron chi connectivity index (χ1n) is 6.55. The average Bonchev–Trinajstić information content (AvgIpc) is 2.89. The van der Waals surface area contributed by atoms with Crippen LogP contribution in [0.2, 0.25) is 0 Å². The van der Waals surface area contributed by atoms with E-state index in [1.807, 2.05) is 0 Å². The first kappa shape index (κ1) is 14.2. The van der Waals surface area contributed by atoms with Crippen LogP contribution in [0.25, 0.3) is 0 Å². The van der Waals surface area contributed by atoms with Crippen LogP contribution in [0.1, 0.15) is 36.0 Å². The lowest BCUT2D eigenvalue weighted by Crippen LogP contribution is -2.24. The summed E-state index contributed by atoms with van der Waals surface area (Å²) < 4.78 is 10.5. The summed E-state index contributed by atoms with van der Waals surface area (Å²) in [7, 11) is 0. The van der Waals surface area contributed by atoms with Gasteiger partial charge in [0, 0.05) is 17.4 Å². The second-order valence-electron chi connectivity index (χ2n) is 4.43. The van der Waals surface area contributed by atoms with Crippen molar-refractivity contribution in [3.63, 3.8) is 0 Å². The highest BCUT2D eigenvalue weighted by Gasteiger charge is 2.15. The van der Waals surface area contributed by atoms with Crippen molar-refractivity contribution in [2.24, 2.45) is 0 Å². The Morgan fingerprint density at radius 1 is 1.16 bits per heavy atom. The number of carbonyl (C=O) groups is 1. The maximum atomic E-state index is 11.9. The SMILES string of the molecule is O=C(NCCCCCCBr)c1ccc2c(c1)OCO2. The fourth-order valence-corrected chi connectivity index (χ4v) is 2.31. The van der Waals surface area contributed by atoms with Gasteiger partial charge in [0.05, 0.1) is 0 Å². The highest BCUT2D eigenvalue weighted by atomic mass is 79.9. The van der Waals surface area contributed by atoms with E-state index in [0.717, 1.165) is 24.7 Å². The molecule has 0 aliphatic carbocycles. The van der Waals surface area contributed by atoms with Crippen LogP contribution in [-0.2, 0) is 0 Å². The molecule has 0 spiro atoms. The molecule has 0 saturated carbocycles. The highest BCUT2D eigenvalue weighted by molar-refractivity contribution is 9.09. The van der Waals surface area contributed by atoms with Gasteiger partial charge >= 0.3 is 0 Å². The van der Waals surface area contributed by atoms with Crippen molar-refractivity contribution >= 4 is 21.8 Å². The highest BCUT2D eigenvalue weighted by Crippen LogP contribution is 2.32. The molecule has 0 atom stereocenters. The van der Waals surface area contributed by atoms with E-state index in [4.69, 9.17) is 9.47 Å². The van der Waals surface area contributed by atoms with Crippen molar-refractivity contribution in [3.8, 4) is 11.5 Å². The van der Waals surface area contributed by atoms with Gasteiger partial charge in [0.25, 0.3) is 5.91 Å². The number of halogens is 1. The number of alkyl halides is 1. The number of amides is 1. The lowest BCUT2D eigenvalue weighted by molar-refractivity contribution is 0.0952. The van der Waals surface area contributed by atoms with Crippen LogP contribution < -0.4 is 14.8 Å². The monoisotopic (exact) mass is 327 g/mol. The lowest BCUT2D eigenvalue weighted by Gasteiger charge is -2.05. The number of rotatable bonds is 7. The van der Waals surface area contributed by atoms with Crippen LogP contribution >= 0.6 is 15.9 Å². The molecule has 1 aromatic rings. The molecule has 4 nitrogen and oxygen atoms in total. The van der Waals surface area contributed by atoms with E-state index in [0.29, 0.717) is 17.1 Å². The van der Waals surface area contributed by atoms with Gasteiger partial charge in [0.2, 0.25) is 6.79 Å². The largest absolute Gasteiger partial charge is 0.454 e. The summed E-state index contributed by atoms with van der Waals surface area (Å²) in [4.78, 5) is 11.9. The molecule has 5 heteroatoms. The minimum atomic E-state index is -0.0567. The number of hydrogen-bond donors (Lipinski definition) is 1. The van der Waals surface area contributed by atoms with Crippen molar-refractivity contribution in [1.29, 1.82) is 0 Å². The summed E-state index contributed by atoms with van der Waals surface area (Å²) in [6.45, 7) is 0.948. The molecule has 1 N–H and O–H groups in total. The van der Waals surface area contributed by atoms with Gasteiger partial charge in [0.1, 0.15) is 0 Å². The predicted octanol–water partition coefficient (Wildman–Crippen LogP) is 3.10. The molecule has 1 aliphatic rings. The van der Waals surface area contributed by atoms with Gasteiger partial charge in [-0.25, -0.2) is 0 Å². The van der Waals surface area contributed by atoms with Gasteiger partial charge in [-0.3, -0.25) is 4.79 Å². The molecule has 0 aromatic heterocycles. The molecule has 1 aliphatic heterocycles. The van der Waals surface area contributed by atoms with E-state index in [9.17, 15) is 4.79 Å². The van der Waals surface area contributed by atoms with Gasteiger partial charge in [0.15, 0.2) is 11.5 Å². The Morgan fingerprint density at radius 2 is 1.95 bits per heavy atom. The van der Waals surface area contributed by atoms with Gasteiger partial charge in [-0.15, -0.1) is 0 Å². The summed E-state index contributed by atoms with van der Waals surface area (Å²) in [5, 5.41) is 3.97. The molecule has 0 bridgehead atoms. The van der Waals surface area contributed by atoms with Crippen molar-refractivity contribution < 1.29 is 14.3 Å². The third-order valence-corrected chi connectivity index (χ3v) is 3.54. The summed E-state index contributed by atoms with van der Waals surface area (Å²) in [6.07, 6.45) is 4.55. The smallest absolute Gasteiger partial charge is 0.251 e. The number of benzene rings is 1. The number of fused-ring (bicyclic) bond motifs is 1. The molecule has 2 rings (SSSR count). The van der Waals surface area contributed by atoms with Gasteiger partial charge in [-0.1, -0.05) is 28.8 Å². The van der Waals surface area contributed by atoms with Crippen molar-refractivity contribution in [2.75, 3.05) is 18.7 Å². The van der Waals surface area contributed by atoms with Crippen LogP contribution in [-0.4, -0.2) is 24.6 Å². The van der Waals surface area contributed by atoms with Crippen LogP contribution in [0.3, 0.4) is 0 Å². The quantitative estimate of drug-likeness (QED) is 0.618. The minimum absolute atomic E-state index is 0.0567. The number of nitrogens with one attached hydrogen (secondary N) is 1. The Bertz CT molecular complexity index is 437. The third kappa shape index (κ3) is 4.13. The number of unbranched alkanes of at least 4 members (excludes halogenated alkanes) is 3. The summed E-state index contributed by atoms with van der Waals surface area (Å²) in [5.41, 5.74) is 0.615. The molecule has 104 valence electrons. The maximum Gasteiger partial charge on any atom is 0.251 e. The fourth-order valence-electron chi connectivity index (χ4n) is 1.91. The van der Waals surface area contributed by atoms with Crippen LogP contribution in [0.15, 0.2) is 18.2 Å². The molecule has 0 radical (unpaired) electrons. The van der Waals surface area contributed by atoms with Crippen molar-refractivity contribution in [1.82, 2.24) is 5.32 Å². The van der Waals surface area contributed by atoms with E-state index in [1.54, 1.807) is 18.2 Å². The van der Waals surface area contributed by atoms with Crippen molar-refractivity contribution in [3.05, 3.63) is 23.8 Å². The Morgan fingerprint density at radius 3 is 2.79 bits per heavy atom. The topological polar surface area (TPSA) is 47.6 Å². The Balaban J connectivity index is 1.74. The Hall–Kier alpha value is -1.23. The molecular formula is C14H18BrNO3. The molecule has 0 saturated heterocycles. The molecule has 1 heterocycles. The molecule has 19 heavy (non-hydrogen) atoms. The number of hydrogen-bond acceptors (Lipinski definition) is 3. The average molecular weight is 328 g/mol. The van der Waals surface area contributed by atoms with Gasteiger partial charge in [-0.05, 0) is 31.0 Å². The van der Waals surface area contributed by atoms with E-state index in [1.165, 1.54) is 12.8 Å². The fraction of sp³-hybridized carbons (Fsp3) is 0.500. The predicted molar refractivity (Wildman–Crippen MR) is 77.2 cm³/mol. The lowest BCUT2D eigenvalue weighted by atomic mass is 10.1. The van der Waals surface area contributed by atoms with Crippen molar-refractivity contribution in [2.45, 2.75) is 25.7 Å². The normalized spacial score (nSPS) is 12.5. The number of ether oxygens (including phenoxy) is 2. The molecule has 0 unspecified atom stereocenters. The van der Waals surface area contributed by atoms with E-state index in [-0.39, 0.29) is 12.7 Å². The van der Waals surface area contributed by atoms with Crippen LogP contribution in [0.5, 0.6) is 11.5 Å². The summed E-state index contributed by atoms with van der Waals surface area (Å²) in [5.74, 6) is 1.29. The third-order valence-electron chi connectivity index (χ3n) is 2.98. The zero-order valence-corrected chi connectivity index (χ0v) is 12.4. The zero-order valence-electron chi connectivity index (χ0n) is 10.8. The zero-order chi connectivity index (χ0) is 13.5. The first-order valence-corrected chi connectivity index (χ1v) is 7.67. The van der Waals surface area contributed by atoms with Gasteiger partial charge in [-0.2, -0.15) is 0 Å². The van der Waals surface area contributed by atoms with E-state index < -0.39 is 0 Å². The van der Waals surface area contributed by atoms with Gasteiger partial charge < -0.3 is 14.8 Å². The molecule has 1 amide bonds. The number of carbonyl (C=O) groups excluding carboxylic acids is 1. The summed E-state index contributed by atoms with van der Waals surface area (Å²) >= 11 is 3.41. The second kappa shape index (κ2) is 7.38. The van der Waals surface area contributed by atoms with E-state index in [2.05, 4.69) is 21.2 Å². The Labute approximate surface area is 121 Å². The van der Waals surface area contributed by atoms with E-state index >= 15 is 0 Å². The molecule has 1 aromatic carbocycles. The first-order chi connectivity index (χ1) is 9.31. The summed E-state index contributed by atoms with van der Waals surface area (Å²) in [6, 6.07) is 5.25.